The van der Waals surface area contributed by atoms with Gasteiger partial charge in [0.25, 0.3) is 0 Å². The van der Waals surface area contributed by atoms with Crippen molar-refractivity contribution >= 4 is 35.5 Å². The molecule has 0 fully saturated rings. The molecule has 1 unspecified atom stereocenters. The van der Waals surface area contributed by atoms with Gasteiger partial charge in [-0.05, 0) is 19.3 Å². The first-order valence-corrected chi connectivity index (χ1v) is 7.72. The Labute approximate surface area is 121 Å². The maximum absolute atomic E-state index is 10.6. The van der Waals surface area contributed by atoms with Gasteiger partial charge in [-0.1, -0.05) is 5.57 Å². The second kappa shape index (κ2) is 9.24. The molecule has 0 amide bonds. The Morgan fingerprint density at radius 2 is 1.63 bits per heavy atom. The second-order valence-corrected chi connectivity index (χ2v) is 6.34. The van der Waals surface area contributed by atoms with Crippen LogP contribution in [0.25, 0.3) is 0 Å². The van der Waals surface area contributed by atoms with E-state index in [0.717, 1.165) is 5.57 Å². The molecular formula is C11H20N2O4S2. The molecule has 0 spiro atoms. The van der Waals surface area contributed by atoms with Crippen LogP contribution < -0.4 is 11.5 Å². The van der Waals surface area contributed by atoms with Crippen LogP contribution in [0.15, 0.2) is 11.0 Å². The Morgan fingerprint density at radius 3 is 2.11 bits per heavy atom. The summed E-state index contributed by atoms with van der Waals surface area (Å²) < 4.78 is 0. The van der Waals surface area contributed by atoms with Crippen LogP contribution in [0.4, 0.5) is 0 Å². The van der Waals surface area contributed by atoms with Crippen molar-refractivity contribution in [1.82, 2.24) is 0 Å². The van der Waals surface area contributed by atoms with Crippen molar-refractivity contribution in [1.29, 1.82) is 0 Å². The standard InChI is InChI=1S/C11H20N2O4S2/c1-6(3-18-4-8(12)10(14)15)7(2)19-5-9(13)11(16)17/h3,7-9H,4-5,12-13H2,1-2H3,(H,14,15)(H,16,17)/t7?,8-,9-/m0/s1. The van der Waals surface area contributed by atoms with Gasteiger partial charge < -0.3 is 21.7 Å². The predicted octanol–water partition coefficient (Wildman–Crippen LogP) is 0.569. The highest BCUT2D eigenvalue weighted by atomic mass is 32.2. The third kappa shape index (κ3) is 8.14. The van der Waals surface area contributed by atoms with Gasteiger partial charge in [-0.2, -0.15) is 11.8 Å². The lowest BCUT2D eigenvalue weighted by Gasteiger charge is -2.14. The van der Waals surface area contributed by atoms with E-state index in [0.29, 0.717) is 11.5 Å². The lowest BCUT2D eigenvalue weighted by atomic mass is 10.3. The molecular weight excluding hydrogens is 288 g/mol. The van der Waals surface area contributed by atoms with E-state index in [1.807, 2.05) is 19.3 Å². The van der Waals surface area contributed by atoms with Crippen LogP contribution in [0.5, 0.6) is 0 Å². The zero-order chi connectivity index (χ0) is 15.0. The first kappa shape index (κ1) is 18.3. The predicted molar refractivity (Wildman–Crippen MR) is 79.4 cm³/mol. The normalized spacial score (nSPS) is 16.7. The number of thioether (sulfide) groups is 2. The van der Waals surface area contributed by atoms with E-state index in [9.17, 15) is 9.59 Å². The smallest absolute Gasteiger partial charge is 0.321 e. The van der Waals surface area contributed by atoms with E-state index < -0.39 is 24.0 Å². The number of carbonyl (C=O) groups is 2. The highest BCUT2D eigenvalue weighted by molar-refractivity contribution is 8.02. The fourth-order valence-electron chi connectivity index (χ4n) is 0.901. The van der Waals surface area contributed by atoms with Gasteiger partial charge in [0.1, 0.15) is 12.1 Å². The molecule has 8 heteroatoms. The summed E-state index contributed by atoms with van der Waals surface area (Å²) in [6.45, 7) is 3.85. The largest absolute Gasteiger partial charge is 0.480 e. The van der Waals surface area contributed by atoms with E-state index in [1.165, 1.54) is 23.5 Å². The SMILES string of the molecule is CC(=CSC[C@H](N)C(=O)O)C(C)SC[C@H](N)C(=O)O. The molecule has 0 aliphatic heterocycles. The van der Waals surface area contributed by atoms with Gasteiger partial charge in [-0.25, -0.2) is 0 Å². The Bertz CT molecular complexity index is 350. The highest BCUT2D eigenvalue weighted by Crippen LogP contribution is 2.21. The first-order valence-electron chi connectivity index (χ1n) is 5.62. The molecule has 110 valence electrons. The van der Waals surface area contributed by atoms with Gasteiger partial charge >= 0.3 is 11.9 Å². The molecule has 6 N–H and O–H groups in total. The van der Waals surface area contributed by atoms with Crippen LogP contribution in [0.1, 0.15) is 13.8 Å². The van der Waals surface area contributed by atoms with Gasteiger partial charge in [-0.15, -0.1) is 11.8 Å². The Kier molecular flexibility index (Phi) is 8.90. The minimum atomic E-state index is -1.02. The van der Waals surface area contributed by atoms with E-state index >= 15 is 0 Å². The van der Waals surface area contributed by atoms with Crippen LogP contribution in [0.3, 0.4) is 0 Å². The number of hydrogen-bond acceptors (Lipinski definition) is 6. The summed E-state index contributed by atoms with van der Waals surface area (Å²) in [5.41, 5.74) is 11.8. The van der Waals surface area contributed by atoms with Crippen LogP contribution in [-0.4, -0.2) is 51.0 Å². The van der Waals surface area contributed by atoms with E-state index in [4.69, 9.17) is 21.7 Å². The van der Waals surface area contributed by atoms with Crippen molar-refractivity contribution in [2.75, 3.05) is 11.5 Å². The number of rotatable bonds is 9. The molecule has 3 atom stereocenters. The van der Waals surface area contributed by atoms with Gasteiger partial charge in [0.2, 0.25) is 0 Å². The summed E-state index contributed by atoms with van der Waals surface area (Å²) in [6.07, 6.45) is 0. The molecule has 19 heavy (non-hydrogen) atoms. The van der Waals surface area contributed by atoms with E-state index in [-0.39, 0.29) is 5.25 Å². The Morgan fingerprint density at radius 1 is 1.16 bits per heavy atom. The number of aliphatic carboxylic acids is 2. The van der Waals surface area contributed by atoms with Crippen molar-refractivity contribution in [3.63, 3.8) is 0 Å². The number of nitrogens with two attached hydrogens (primary N) is 2. The fraction of sp³-hybridized carbons (Fsp3) is 0.636. The maximum atomic E-state index is 10.6. The molecule has 0 radical (unpaired) electrons. The number of carboxylic acids is 2. The highest BCUT2D eigenvalue weighted by Gasteiger charge is 2.15. The average Bonchev–Trinajstić information content (AvgIpc) is 2.34. The monoisotopic (exact) mass is 308 g/mol. The van der Waals surface area contributed by atoms with Crippen LogP contribution in [0.2, 0.25) is 0 Å². The van der Waals surface area contributed by atoms with Crippen molar-refractivity contribution in [3.8, 4) is 0 Å². The summed E-state index contributed by atoms with van der Waals surface area (Å²) in [4.78, 5) is 21.1. The lowest BCUT2D eigenvalue weighted by molar-refractivity contribution is -0.138. The minimum absolute atomic E-state index is 0.124. The second-order valence-electron chi connectivity index (χ2n) is 4.06. The maximum Gasteiger partial charge on any atom is 0.321 e. The average molecular weight is 308 g/mol. The van der Waals surface area contributed by atoms with E-state index in [2.05, 4.69) is 0 Å². The Hall–Kier alpha value is -0.700. The van der Waals surface area contributed by atoms with Gasteiger partial charge in [0, 0.05) is 16.8 Å². The topological polar surface area (TPSA) is 127 Å². The summed E-state index contributed by atoms with van der Waals surface area (Å²) >= 11 is 2.79. The summed E-state index contributed by atoms with van der Waals surface area (Å²) in [7, 11) is 0. The lowest BCUT2D eigenvalue weighted by Crippen LogP contribution is -2.33. The van der Waals surface area contributed by atoms with Gasteiger partial charge in [-0.3, -0.25) is 9.59 Å². The third-order valence-electron chi connectivity index (χ3n) is 2.35. The molecule has 0 aromatic carbocycles. The zero-order valence-electron chi connectivity index (χ0n) is 10.9. The van der Waals surface area contributed by atoms with Crippen molar-refractivity contribution in [2.24, 2.45) is 11.5 Å². The molecule has 6 nitrogen and oxygen atoms in total. The summed E-state index contributed by atoms with van der Waals surface area (Å²) in [5, 5.41) is 19.3. The summed E-state index contributed by atoms with van der Waals surface area (Å²) in [6, 6.07) is -1.74. The molecule has 0 aromatic heterocycles. The van der Waals surface area contributed by atoms with Crippen LogP contribution >= 0.6 is 23.5 Å². The Balaban J connectivity index is 4.07. The molecule has 0 aromatic rings. The fourth-order valence-corrected chi connectivity index (χ4v) is 2.87. The number of hydrogen-bond donors (Lipinski definition) is 4. The van der Waals surface area contributed by atoms with E-state index in [1.54, 1.807) is 0 Å². The van der Waals surface area contributed by atoms with Gasteiger partial charge in [0.05, 0.1) is 0 Å². The first-order chi connectivity index (χ1) is 8.75. The molecule has 0 aliphatic rings. The quantitative estimate of drug-likeness (QED) is 0.487. The van der Waals surface area contributed by atoms with Crippen molar-refractivity contribution in [2.45, 2.75) is 31.2 Å². The third-order valence-corrected chi connectivity index (χ3v) is 4.86. The molecule has 0 saturated heterocycles. The van der Waals surface area contributed by atoms with Gasteiger partial charge in [0.15, 0.2) is 0 Å². The van der Waals surface area contributed by atoms with Crippen LogP contribution in [-0.2, 0) is 9.59 Å². The van der Waals surface area contributed by atoms with Crippen molar-refractivity contribution < 1.29 is 19.8 Å². The minimum Gasteiger partial charge on any atom is -0.480 e. The number of carboxylic acid groups (broad SMARTS) is 2. The molecule has 0 rings (SSSR count). The van der Waals surface area contributed by atoms with Crippen molar-refractivity contribution in [3.05, 3.63) is 11.0 Å². The summed E-state index contributed by atoms with van der Waals surface area (Å²) in [5.74, 6) is -1.39. The molecule has 0 saturated carbocycles. The molecule has 0 bridgehead atoms. The molecule has 0 aliphatic carbocycles. The van der Waals surface area contributed by atoms with Crippen LogP contribution in [0, 0.1) is 0 Å². The molecule has 0 heterocycles. The zero-order valence-corrected chi connectivity index (χ0v) is 12.5.